The predicted octanol–water partition coefficient (Wildman–Crippen LogP) is 2.97. The summed E-state index contributed by atoms with van der Waals surface area (Å²) in [5.74, 6) is 0. The molecule has 0 aliphatic carbocycles. The van der Waals surface area contributed by atoms with Gasteiger partial charge in [0.15, 0.2) is 11.3 Å². The maximum atomic E-state index is 10.5. The fraction of sp³-hybridized carbons (Fsp3) is 0.231. The summed E-state index contributed by atoms with van der Waals surface area (Å²) >= 11 is 1.38. The SMILES string of the molecule is O=Cc1ccc(OCCCc2ccncc2)s1. The lowest BCUT2D eigenvalue weighted by atomic mass is 10.1. The molecule has 2 aromatic heterocycles. The molecular weight excluding hydrogens is 234 g/mol. The van der Waals surface area contributed by atoms with Gasteiger partial charge < -0.3 is 4.74 Å². The summed E-state index contributed by atoms with van der Waals surface area (Å²) in [5, 5.41) is 0.807. The third-order valence-electron chi connectivity index (χ3n) is 2.32. The molecule has 2 rings (SSSR count). The summed E-state index contributed by atoms with van der Waals surface area (Å²) in [6.07, 6.45) is 6.37. The first kappa shape index (κ1) is 11.8. The van der Waals surface area contributed by atoms with Gasteiger partial charge in [-0.1, -0.05) is 11.3 Å². The van der Waals surface area contributed by atoms with Crippen molar-refractivity contribution in [2.24, 2.45) is 0 Å². The molecule has 0 unspecified atom stereocenters. The molecule has 17 heavy (non-hydrogen) atoms. The van der Waals surface area contributed by atoms with Crippen LogP contribution in [0.3, 0.4) is 0 Å². The van der Waals surface area contributed by atoms with Crippen molar-refractivity contribution in [1.82, 2.24) is 4.98 Å². The van der Waals surface area contributed by atoms with Crippen molar-refractivity contribution in [2.45, 2.75) is 12.8 Å². The Morgan fingerprint density at radius 2 is 2.06 bits per heavy atom. The third kappa shape index (κ3) is 3.67. The predicted molar refractivity (Wildman–Crippen MR) is 67.8 cm³/mol. The number of aromatic nitrogens is 1. The number of pyridine rings is 1. The largest absolute Gasteiger partial charge is 0.484 e. The van der Waals surface area contributed by atoms with E-state index in [-0.39, 0.29) is 0 Å². The molecule has 0 bridgehead atoms. The van der Waals surface area contributed by atoms with Crippen LogP contribution < -0.4 is 4.74 Å². The number of thiophene rings is 1. The first-order valence-corrected chi connectivity index (χ1v) is 6.27. The molecule has 0 spiro atoms. The second kappa shape index (κ2) is 6.15. The molecule has 4 heteroatoms. The molecule has 3 nitrogen and oxygen atoms in total. The Balaban J connectivity index is 1.71. The van der Waals surface area contributed by atoms with E-state index in [4.69, 9.17) is 4.74 Å². The highest BCUT2D eigenvalue weighted by Crippen LogP contribution is 2.23. The highest BCUT2D eigenvalue weighted by molar-refractivity contribution is 7.15. The smallest absolute Gasteiger partial charge is 0.174 e. The number of carbonyl (C=O) groups is 1. The minimum absolute atomic E-state index is 0.668. The molecule has 0 saturated heterocycles. The standard InChI is InChI=1S/C13H13NO2S/c15-10-12-3-4-13(17-12)16-9-1-2-11-5-7-14-8-6-11/h3-8,10H,1-2,9H2. The van der Waals surface area contributed by atoms with Crippen molar-refractivity contribution < 1.29 is 9.53 Å². The van der Waals surface area contributed by atoms with Crippen molar-refractivity contribution >= 4 is 17.6 Å². The maximum absolute atomic E-state index is 10.5. The molecule has 0 aliphatic heterocycles. The zero-order valence-electron chi connectivity index (χ0n) is 9.33. The van der Waals surface area contributed by atoms with Gasteiger partial charge in [0.1, 0.15) is 0 Å². The molecule has 2 heterocycles. The Morgan fingerprint density at radius 3 is 2.76 bits per heavy atom. The molecule has 0 radical (unpaired) electrons. The van der Waals surface area contributed by atoms with Gasteiger partial charge >= 0.3 is 0 Å². The molecule has 0 aliphatic rings. The lowest BCUT2D eigenvalue weighted by Crippen LogP contribution is -1.98. The van der Waals surface area contributed by atoms with Crippen LogP contribution in [-0.4, -0.2) is 17.9 Å². The van der Waals surface area contributed by atoms with Gasteiger partial charge in [0.25, 0.3) is 0 Å². The second-order valence-corrected chi connectivity index (χ2v) is 4.66. The Bertz CT molecular complexity index is 467. The van der Waals surface area contributed by atoms with Crippen LogP contribution in [0.25, 0.3) is 0 Å². The summed E-state index contributed by atoms with van der Waals surface area (Å²) in [5.41, 5.74) is 1.27. The normalized spacial score (nSPS) is 10.1. The first-order chi connectivity index (χ1) is 8.38. The lowest BCUT2D eigenvalue weighted by molar-refractivity contribution is 0.112. The summed E-state index contributed by atoms with van der Waals surface area (Å²) in [6.45, 7) is 0.668. The fourth-order valence-corrected chi connectivity index (χ4v) is 2.17. The number of carbonyl (C=O) groups excluding carboxylic acids is 1. The van der Waals surface area contributed by atoms with Crippen LogP contribution in [0.1, 0.15) is 21.7 Å². The van der Waals surface area contributed by atoms with E-state index in [9.17, 15) is 4.79 Å². The summed E-state index contributed by atoms with van der Waals surface area (Å²) in [6, 6.07) is 7.63. The summed E-state index contributed by atoms with van der Waals surface area (Å²) in [7, 11) is 0. The van der Waals surface area contributed by atoms with Gasteiger partial charge in [-0.05, 0) is 42.7 Å². The van der Waals surface area contributed by atoms with Crippen molar-refractivity contribution in [3.63, 3.8) is 0 Å². The lowest BCUT2D eigenvalue weighted by Gasteiger charge is -2.03. The quantitative estimate of drug-likeness (QED) is 0.582. The average Bonchev–Trinajstić information content (AvgIpc) is 2.84. The zero-order valence-corrected chi connectivity index (χ0v) is 10.2. The third-order valence-corrected chi connectivity index (χ3v) is 3.24. The van der Waals surface area contributed by atoms with E-state index in [1.54, 1.807) is 18.5 Å². The van der Waals surface area contributed by atoms with Gasteiger partial charge in [0.05, 0.1) is 11.5 Å². The van der Waals surface area contributed by atoms with Gasteiger partial charge in [-0.3, -0.25) is 9.78 Å². The molecule has 0 saturated carbocycles. The van der Waals surface area contributed by atoms with Gasteiger partial charge in [-0.15, -0.1) is 0 Å². The van der Waals surface area contributed by atoms with E-state index < -0.39 is 0 Å². The van der Waals surface area contributed by atoms with Crippen LogP contribution in [0, 0.1) is 0 Å². The molecule has 0 fully saturated rings. The fourth-order valence-electron chi connectivity index (χ4n) is 1.47. The van der Waals surface area contributed by atoms with Crippen LogP contribution >= 0.6 is 11.3 Å². The van der Waals surface area contributed by atoms with E-state index in [1.807, 2.05) is 18.2 Å². The minimum atomic E-state index is 0.668. The molecule has 0 aromatic carbocycles. The average molecular weight is 247 g/mol. The minimum Gasteiger partial charge on any atom is -0.484 e. The Labute approximate surface area is 104 Å². The van der Waals surface area contributed by atoms with Gasteiger partial charge in [-0.25, -0.2) is 0 Å². The Hall–Kier alpha value is -1.68. The van der Waals surface area contributed by atoms with Gasteiger partial charge in [0, 0.05) is 12.4 Å². The second-order valence-electron chi connectivity index (χ2n) is 3.58. The van der Waals surface area contributed by atoms with Crippen LogP contribution in [0.5, 0.6) is 5.06 Å². The van der Waals surface area contributed by atoms with Crippen LogP contribution in [0.15, 0.2) is 36.7 Å². The summed E-state index contributed by atoms with van der Waals surface area (Å²) in [4.78, 5) is 15.2. The molecule has 2 aromatic rings. The van der Waals surface area contributed by atoms with E-state index in [0.29, 0.717) is 11.5 Å². The molecule has 0 atom stereocenters. The molecule has 88 valence electrons. The highest BCUT2D eigenvalue weighted by atomic mass is 32.1. The van der Waals surface area contributed by atoms with Gasteiger partial charge in [0.2, 0.25) is 0 Å². The summed E-state index contributed by atoms with van der Waals surface area (Å²) < 4.78 is 5.55. The van der Waals surface area contributed by atoms with E-state index >= 15 is 0 Å². The number of hydrogen-bond acceptors (Lipinski definition) is 4. The van der Waals surface area contributed by atoms with Crippen molar-refractivity contribution in [2.75, 3.05) is 6.61 Å². The van der Waals surface area contributed by atoms with Gasteiger partial charge in [-0.2, -0.15) is 0 Å². The van der Waals surface area contributed by atoms with Crippen LogP contribution in [0.2, 0.25) is 0 Å². The van der Waals surface area contributed by atoms with Crippen molar-refractivity contribution in [1.29, 1.82) is 0 Å². The number of aldehydes is 1. The molecule has 0 N–H and O–H groups in total. The number of rotatable bonds is 6. The highest BCUT2D eigenvalue weighted by Gasteiger charge is 1.99. The van der Waals surface area contributed by atoms with E-state index in [1.165, 1.54) is 16.9 Å². The number of hydrogen-bond donors (Lipinski definition) is 0. The Morgan fingerprint density at radius 1 is 1.24 bits per heavy atom. The van der Waals surface area contributed by atoms with E-state index in [0.717, 1.165) is 24.2 Å². The monoisotopic (exact) mass is 247 g/mol. The zero-order chi connectivity index (χ0) is 11.9. The molecule has 0 amide bonds. The Kier molecular flexibility index (Phi) is 4.27. The number of nitrogens with zero attached hydrogens (tertiary/aromatic N) is 1. The topological polar surface area (TPSA) is 39.2 Å². The number of aryl methyl sites for hydroxylation is 1. The first-order valence-electron chi connectivity index (χ1n) is 5.45. The maximum Gasteiger partial charge on any atom is 0.174 e. The number of ether oxygens (including phenoxy) is 1. The molecular formula is C13H13NO2S. The van der Waals surface area contributed by atoms with Crippen LogP contribution in [0.4, 0.5) is 0 Å². The van der Waals surface area contributed by atoms with Crippen molar-refractivity contribution in [3.05, 3.63) is 47.1 Å². The van der Waals surface area contributed by atoms with Crippen LogP contribution in [-0.2, 0) is 6.42 Å². The van der Waals surface area contributed by atoms with Crippen molar-refractivity contribution in [3.8, 4) is 5.06 Å². The van der Waals surface area contributed by atoms with E-state index in [2.05, 4.69) is 4.98 Å².